The van der Waals surface area contributed by atoms with Gasteiger partial charge in [-0.2, -0.15) is 0 Å². The Bertz CT molecular complexity index is 167. The summed E-state index contributed by atoms with van der Waals surface area (Å²) >= 11 is 1.22. The van der Waals surface area contributed by atoms with Crippen LogP contribution in [0.25, 0.3) is 0 Å². The van der Waals surface area contributed by atoms with Gasteiger partial charge in [0, 0.05) is 0 Å². The first kappa shape index (κ1) is 19.4. The van der Waals surface area contributed by atoms with Gasteiger partial charge < -0.3 is 0 Å². The fraction of sp³-hybridized carbons (Fsp3) is 1.00. The van der Waals surface area contributed by atoms with Crippen LogP contribution in [-0.2, 0) is 23.3 Å². The average Bonchev–Trinajstić information content (AvgIpc) is 2.42. The third-order valence-corrected chi connectivity index (χ3v) is 3.29. The number of rotatable bonds is 14. The molecule has 0 heterocycles. The molecule has 19 heavy (non-hydrogen) atoms. The van der Waals surface area contributed by atoms with Crippen LogP contribution in [0, 0.1) is 0 Å². The van der Waals surface area contributed by atoms with E-state index in [1.165, 1.54) is 15.6 Å². The molecule has 0 radical (unpaired) electrons. The molecule has 0 bridgehead atoms. The summed E-state index contributed by atoms with van der Waals surface area (Å²) in [5, 5.41) is 6.75. The van der Waals surface area contributed by atoms with Gasteiger partial charge in [-0.25, -0.2) is 0 Å². The number of hydrogen-bond donors (Lipinski definition) is 2. The third-order valence-electron chi connectivity index (χ3n) is 2.58. The molecule has 4 nitrogen and oxygen atoms in total. The summed E-state index contributed by atoms with van der Waals surface area (Å²) in [7, 11) is 0. The Balaban J connectivity index is 3.83. The van der Waals surface area contributed by atoms with Gasteiger partial charge >= 0.3 is 126 Å². The van der Waals surface area contributed by atoms with Crippen molar-refractivity contribution >= 4 is 0 Å². The molecule has 0 fully saturated rings. The van der Waals surface area contributed by atoms with Crippen molar-refractivity contribution in [1.82, 2.24) is 10.6 Å². The summed E-state index contributed by atoms with van der Waals surface area (Å²) in [4.78, 5) is 0. The van der Waals surface area contributed by atoms with Gasteiger partial charge in [0.05, 0.1) is 0 Å². The van der Waals surface area contributed by atoms with Crippen molar-refractivity contribution in [1.29, 1.82) is 0 Å². The Morgan fingerprint density at radius 3 is 1.47 bits per heavy atom. The first-order valence-corrected chi connectivity index (χ1v) is 8.42. The second kappa shape index (κ2) is 14.8. The molecular weight excluding hydrogens is 292 g/mol. The van der Waals surface area contributed by atoms with Gasteiger partial charge in [0.25, 0.3) is 0 Å². The molecule has 0 aromatic heterocycles. The molecule has 2 atom stereocenters. The van der Waals surface area contributed by atoms with Gasteiger partial charge in [-0.1, -0.05) is 0 Å². The van der Waals surface area contributed by atoms with Crippen LogP contribution in [0.4, 0.5) is 0 Å². The standard InChI is InChI=1S/2C7H16NO.Cu/c2*1-3-5-7(9)8-6-4-2;/h2*7-8H,3-6H2,1-2H3;/q2*-1;+2. The molecule has 0 aromatic rings. The molecular formula is C14H32CuN2O2. The fourth-order valence-electron chi connectivity index (χ4n) is 1.55. The van der Waals surface area contributed by atoms with Crippen LogP contribution < -0.4 is 10.6 Å². The summed E-state index contributed by atoms with van der Waals surface area (Å²) in [6.07, 6.45) is 6.62. The van der Waals surface area contributed by atoms with Crippen LogP contribution in [0.15, 0.2) is 0 Å². The van der Waals surface area contributed by atoms with E-state index in [1.807, 2.05) is 0 Å². The summed E-state index contributed by atoms with van der Waals surface area (Å²) in [6.45, 7) is 10.6. The van der Waals surface area contributed by atoms with Gasteiger partial charge in [-0.15, -0.1) is 0 Å². The van der Waals surface area contributed by atoms with Crippen molar-refractivity contribution in [3.8, 4) is 0 Å². The fourth-order valence-corrected chi connectivity index (χ4v) is 2.20. The van der Waals surface area contributed by atoms with Gasteiger partial charge in [-0.05, 0) is 0 Å². The molecule has 0 saturated carbocycles. The first-order valence-electron chi connectivity index (χ1n) is 7.65. The third kappa shape index (κ3) is 11.9. The molecule has 2 unspecified atom stereocenters. The van der Waals surface area contributed by atoms with E-state index in [9.17, 15) is 0 Å². The second-order valence-corrected chi connectivity index (χ2v) is 5.26. The Morgan fingerprint density at radius 1 is 0.737 bits per heavy atom. The monoisotopic (exact) mass is 323 g/mol. The van der Waals surface area contributed by atoms with Crippen molar-refractivity contribution in [2.45, 2.75) is 78.7 Å². The molecule has 5 heteroatoms. The minimum absolute atomic E-state index is 0.0819. The van der Waals surface area contributed by atoms with Crippen molar-refractivity contribution < 1.29 is 23.3 Å². The Hall–Kier alpha value is 0.359. The van der Waals surface area contributed by atoms with E-state index in [-0.39, 0.29) is 12.5 Å². The van der Waals surface area contributed by atoms with Crippen LogP contribution in [-0.4, -0.2) is 25.5 Å². The average molecular weight is 324 g/mol. The zero-order valence-corrected chi connectivity index (χ0v) is 13.9. The zero-order valence-electron chi connectivity index (χ0n) is 12.9. The van der Waals surface area contributed by atoms with Crippen LogP contribution >= 0.6 is 0 Å². The van der Waals surface area contributed by atoms with E-state index in [2.05, 4.69) is 38.3 Å². The molecule has 121 valence electrons. The summed E-state index contributed by atoms with van der Waals surface area (Å²) in [6, 6.07) is 0. The number of nitrogens with one attached hydrogen (secondary N) is 2. The summed E-state index contributed by atoms with van der Waals surface area (Å²) in [5.74, 6) is 0. The normalized spacial score (nSPS) is 14.7. The Kier molecular flexibility index (Phi) is 15.0. The predicted molar refractivity (Wildman–Crippen MR) is 76.1 cm³/mol. The second-order valence-electron chi connectivity index (χ2n) is 4.66. The predicted octanol–water partition coefficient (Wildman–Crippen LogP) is 3.18. The van der Waals surface area contributed by atoms with Gasteiger partial charge in [0.15, 0.2) is 0 Å². The van der Waals surface area contributed by atoms with Gasteiger partial charge in [-0.3, -0.25) is 0 Å². The molecule has 0 amide bonds. The number of hydrogen-bond acceptors (Lipinski definition) is 4. The molecule has 0 aliphatic heterocycles. The van der Waals surface area contributed by atoms with Crippen LogP contribution in [0.5, 0.6) is 0 Å². The van der Waals surface area contributed by atoms with Crippen LogP contribution in [0.1, 0.15) is 66.2 Å². The molecule has 0 aliphatic carbocycles. The molecule has 2 N–H and O–H groups in total. The Morgan fingerprint density at radius 2 is 1.16 bits per heavy atom. The van der Waals surface area contributed by atoms with Crippen molar-refractivity contribution in [2.75, 3.05) is 13.1 Å². The SMILES string of the molecule is CCCNC(CCC)[O][Cu][O]C(CCC)NCCC. The van der Waals surface area contributed by atoms with E-state index >= 15 is 0 Å². The van der Waals surface area contributed by atoms with Crippen LogP contribution in [0.3, 0.4) is 0 Å². The molecule has 0 rings (SSSR count). The van der Waals surface area contributed by atoms with E-state index in [0.29, 0.717) is 0 Å². The molecule has 0 saturated heterocycles. The molecule has 0 aromatic carbocycles. The van der Waals surface area contributed by atoms with Crippen LogP contribution in [0.2, 0.25) is 0 Å². The molecule has 0 spiro atoms. The maximum absolute atomic E-state index is 5.67. The van der Waals surface area contributed by atoms with E-state index < -0.39 is 0 Å². The van der Waals surface area contributed by atoms with E-state index in [4.69, 9.17) is 7.64 Å². The van der Waals surface area contributed by atoms with E-state index in [1.54, 1.807) is 0 Å². The summed E-state index contributed by atoms with van der Waals surface area (Å²) < 4.78 is 11.3. The zero-order chi connectivity index (χ0) is 14.3. The van der Waals surface area contributed by atoms with Crippen molar-refractivity contribution in [3.63, 3.8) is 0 Å². The quantitative estimate of drug-likeness (QED) is 0.380. The van der Waals surface area contributed by atoms with Crippen molar-refractivity contribution in [2.24, 2.45) is 0 Å². The summed E-state index contributed by atoms with van der Waals surface area (Å²) in [5.41, 5.74) is 0. The van der Waals surface area contributed by atoms with Gasteiger partial charge in [0.2, 0.25) is 0 Å². The topological polar surface area (TPSA) is 42.5 Å². The van der Waals surface area contributed by atoms with E-state index in [0.717, 1.165) is 51.6 Å². The van der Waals surface area contributed by atoms with Crippen molar-refractivity contribution in [3.05, 3.63) is 0 Å². The Labute approximate surface area is 126 Å². The van der Waals surface area contributed by atoms with Gasteiger partial charge in [0.1, 0.15) is 0 Å². The first-order chi connectivity index (χ1) is 9.28. The maximum atomic E-state index is 5.67. The minimum atomic E-state index is 0.0819. The molecule has 0 aliphatic rings.